The number of nitrogens with zero attached hydrogens (tertiary/aromatic N) is 4. The van der Waals surface area contributed by atoms with Crippen molar-refractivity contribution in [3.63, 3.8) is 0 Å². The first kappa shape index (κ1) is 17.0. The lowest BCUT2D eigenvalue weighted by molar-refractivity contribution is 0.0872. The molecule has 2 aliphatic rings. The first-order chi connectivity index (χ1) is 12.8. The molecule has 2 aromatic rings. The quantitative estimate of drug-likeness (QED) is 0.809. The third-order valence-electron chi connectivity index (χ3n) is 5.64. The number of carbonyl (C=O) groups is 1. The van der Waals surface area contributed by atoms with E-state index in [0.717, 1.165) is 62.7 Å². The monoisotopic (exact) mass is 350 g/mol. The van der Waals surface area contributed by atoms with Gasteiger partial charge in [0.1, 0.15) is 0 Å². The molecule has 26 heavy (non-hydrogen) atoms. The van der Waals surface area contributed by atoms with Gasteiger partial charge < -0.3 is 9.80 Å². The summed E-state index contributed by atoms with van der Waals surface area (Å²) in [6, 6.07) is 8.57. The molecule has 2 saturated heterocycles. The van der Waals surface area contributed by atoms with Crippen molar-refractivity contribution in [2.75, 3.05) is 13.1 Å². The van der Waals surface area contributed by atoms with E-state index in [1.807, 2.05) is 24.5 Å². The molecule has 4 rings (SSSR count). The van der Waals surface area contributed by atoms with Crippen molar-refractivity contribution >= 4 is 6.03 Å². The summed E-state index contributed by atoms with van der Waals surface area (Å²) in [4.78, 5) is 26.2. The predicted molar refractivity (Wildman–Crippen MR) is 100 cm³/mol. The molecule has 2 aliphatic heterocycles. The zero-order chi connectivity index (χ0) is 17.8. The van der Waals surface area contributed by atoms with Crippen LogP contribution in [0.3, 0.4) is 0 Å². The van der Waals surface area contributed by atoms with Crippen LogP contribution in [-0.4, -0.2) is 38.9 Å². The Hall–Kier alpha value is -2.43. The summed E-state index contributed by atoms with van der Waals surface area (Å²) >= 11 is 0. The minimum Gasteiger partial charge on any atom is -0.318 e. The first-order valence-electron chi connectivity index (χ1n) is 9.71. The van der Waals surface area contributed by atoms with Crippen molar-refractivity contribution in [2.45, 2.75) is 50.6 Å². The molecule has 5 nitrogen and oxygen atoms in total. The van der Waals surface area contributed by atoms with Crippen molar-refractivity contribution in [2.24, 2.45) is 0 Å². The van der Waals surface area contributed by atoms with Crippen LogP contribution in [0.5, 0.6) is 0 Å². The normalized spacial score (nSPS) is 23.7. The Kier molecular flexibility index (Phi) is 5.14. The number of aromatic nitrogens is 2. The zero-order valence-corrected chi connectivity index (χ0v) is 15.1. The van der Waals surface area contributed by atoms with E-state index >= 15 is 0 Å². The molecule has 0 N–H and O–H groups in total. The number of likely N-dealkylation sites (tertiary alicyclic amines) is 2. The average Bonchev–Trinajstić information content (AvgIpc) is 2.74. The summed E-state index contributed by atoms with van der Waals surface area (Å²) in [7, 11) is 0. The number of amides is 2. The van der Waals surface area contributed by atoms with Crippen molar-refractivity contribution in [1.29, 1.82) is 0 Å². The van der Waals surface area contributed by atoms with Gasteiger partial charge in [0.15, 0.2) is 0 Å². The highest BCUT2D eigenvalue weighted by molar-refractivity contribution is 5.76. The van der Waals surface area contributed by atoms with Gasteiger partial charge in [0, 0.05) is 37.9 Å². The van der Waals surface area contributed by atoms with Crippen LogP contribution < -0.4 is 0 Å². The SMILES string of the molecule is O=C(N1CCCCC1c1cccnc1)N1CCCCC1c1cccnc1. The number of hydrogen-bond acceptors (Lipinski definition) is 3. The minimum atomic E-state index is 0.140. The molecule has 4 heterocycles. The van der Waals surface area contributed by atoms with E-state index in [2.05, 4.69) is 31.9 Å². The van der Waals surface area contributed by atoms with Gasteiger partial charge in [-0.05, 0) is 61.8 Å². The van der Waals surface area contributed by atoms with E-state index in [9.17, 15) is 4.79 Å². The average molecular weight is 350 g/mol. The van der Waals surface area contributed by atoms with E-state index in [0.29, 0.717) is 0 Å². The Labute approximate surface area is 155 Å². The van der Waals surface area contributed by atoms with Crippen LogP contribution in [0.4, 0.5) is 4.79 Å². The summed E-state index contributed by atoms with van der Waals surface area (Å²) in [5, 5.41) is 0. The Morgan fingerprint density at radius 1 is 0.808 bits per heavy atom. The van der Waals surface area contributed by atoms with Crippen LogP contribution in [0.2, 0.25) is 0 Å². The highest BCUT2D eigenvalue weighted by Crippen LogP contribution is 2.36. The lowest BCUT2D eigenvalue weighted by atomic mass is 9.94. The van der Waals surface area contributed by atoms with Gasteiger partial charge in [-0.15, -0.1) is 0 Å². The number of piperidine rings is 2. The molecule has 2 fully saturated rings. The first-order valence-corrected chi connectivity index (χ1v) is 9.71. The molecule has 2 amide bonds. The minimum absolute atomic E-state index is 0.140. The summed E-state index contributed by atoms with van der Waals surface area (Å²) in [5.41, 5.74) is 2.30. The molecule has 2 atom stereocenters. The van der Waals surface area contributed by atoms with E-state index < -0.39 is 0 Å². The molecule has 0 saturated carbocycles. The standard InChI is InChI=1S/C21H26N4O/c26-21(24-13-3-1-9-19(24)17-7-5-11-22-15-17)25-14-4-2-10-20(25)18-8-6-12-23-16-18/h5-8,11-12,15-16,19-20H,1-4,9-10,13-14H2. The fourth-order valence-electron chi connectivity index (χ4n) is 4.33. The summed E-state index contributed by atoms with van der Waals surface area (Å²) in [6.45, 7) is 1.66. The molecule has 0 aliphatic carbocycles. The van der Waals surface area contributed by atoms with Crippen LogP contribution in [-0.2, 0) is 0 Å². The smallest absolute Gasteiger partial charge is 0.318 e. The summed E-state index contributed by atoms with van der Waals surface area (Å²) in [6.07, 6.45) is 13.9. The second-order valence-electron chi connectivity index (χ2n) is 7.27. The lowest BCUT2D eigenvalue weighted by Gasteiger charge is -2.43. The Morgan fingerprint density at radius 3 is 1.73 bits per heavy atom. The molecule has 0 bridgehead atoms. The van der Waals surface area contributed by atoms with E-state index in [4.69, 9.17) is 0 Å². The van der Waals surface area contributed by atoms with Crippen LogP contribution in [0, 0.1) is 0 Å². The third-order valence-corrected chi connectivity index (χ3v) is 5.64. The number of carbonyl (C=O) groups excluding carboxylic acids is 1. The van der Waals surface area contributed by atoms with Crippen molar-refractivity contribution in [3.8, 4) is 0 Å². The van der Waals surface area contributed by atoms with Gasteiger partial charge in [-0.1, -0.05) is 12.1 Å². The van der Waals surface area contributed by atoms with Gasteiger partial charge in [0.2, 0.25) is 0 Å². The van der Waals surface area contributed by atoms with Crippen LogP contribution in [0.1, 0.15) is 61.7 Å². The molecule has 2 unspecified atom stereocenters. The van der Waals surface area contributed by atoms with Crippen LogP contribution in [0.15, 0.2) is 49.1 Å². The molecule has 0 aromatic carbocycles. The number of urea groups is 1. The number of pyridine rings is 2. The maximum atomic E-state index is 13.5. The van der Waals surface area contributed by atoms with Crippen molar-refractivity contribution in [3.05, 3.63) is 60.2 Å². The predicted octanol–water partition coefficient (Wildman–Crippen LogP) is 4.35. The Bertz CT molecular complexity index is 660. The van der Waals surface area contributed by atoms with Gasteiger partial charge in [0.05, 0.1) is 12.1 Å². The third kappa shape index (κ3) is 3.43. The van der Waals surface area contributed by atoms with Crippen LogP contribution in [0.25, 0.3) is 0 Å². The van der Waals surface area contributed by atoms with E-state index in [-0.39, 0.29) is 18.1 Å². The molecule has 0 spiro atoms. The van der Waals surface area contributed by atoms with Gasteiger partial charge in [-0.2, -0.15) is 0 Å². The van der Waals surface area contributed by atoms with Gasteiger partial charge in [0.25, 0.3) is 0 Å². The van der Waals surface area contributed by atoms with Crippen molar-refractivity contribution in [1.82, 2.24) is 19.8 Å². The molecule has 136 valence electrons. The van der Waals surface area contributed by atoms with E-state index in [1.165, 1.54) is 0 Å². The highest BCUT2D eigenvalue weighted by Gasteiger charge is 2.35. The lowest BCUT2D eigenvalue weighted by Crippen LogP contribution is -2.49. The molecule has 2 aromatic heterocycles. The maximum absolute atomic E-state index is 13.5. The van der Waals surface area contributed by atoms with Crippen molar-refractivity contribution < 1.29 is 4.79 Å². The zero-order valence-electron chi connectivity index (χ0n) is 15.1. The maximum Gasteiger partial charge on any atom is 0.321 e. The van der Waals surface area contributed by atoms with Crippen LogP contribution >= 0.6 is 0 Å². The molecule has 5 heteroatoms. The van der Waals surface area contributed by atoms with E-state index in [1.54, 1.807) is 12.4 Å². The molecular formula is C21H26N4O. The van der Waals surface area contributed by atoms with Gasteiger partial charge in [-0.3, -0.25) is 9.97 Å². The Balaban J connectivity index is 1.59. The Morgan fingerprint density at radius 2 is 1.31 bits per heavy atom. The largest absolute Gasteiger partial charge is 0.321 e. The topological polar surface area (TPSA) is 49.3 Å². The fraction of sp³-hybridized carbons (Fsp3) is 0.476. The second kappa shape index (κ2) is 7.85. The summed E-state index contributed by atoms with van der Waals surface area (Å²) < 4.78 is 0. The number of rotatable bonds is 2. The highest BCUT2D eigenvalue weighted by atomic mass is 16.2. The summed E-state index contributed by atoms with van der Waals surface area (Å²) in [5.74, 6) is 0. The number of hydrogen-bond donors (Lipinski definition) is 0. The fourth-order valence-corrected chi connectivity index (χ4v) is 4.33. The molecule has 0 radical (unpaired) electrons. The van der Waals surface area contributed by atoms with Gasteiger partial charge in [-0.25, -0.2) is 4.79 Å². The van der Waals surface area contributed by atoms with Gasteiger partial charge >= 0.3 is 6.03 Å². The molecular weight excluding hydrogens is 324 g/mol. The second-order valence-corrected chi connectivity index (χ2v) is 7.27.